The van der Waals surface area contributed by atoms with Crippen LogP contribution in [0, 0.1) is 13.8 Å². The van der Waals surface area contributed by atoms with Crippen LogP contribution >= 0.6 is 0 Å². The van der Waals surface area contributed by atoms with E-state index >= 15 is 0 Å². The fraction of sp³-hybridized carbons (Fsp3) is 0.381. The summed E-state index contributed by atoms with van der Waals surface area (Å²) in [5, 5.41) is 2.99. The van der Waals surface area contributed by atoms with Gasteiger partial charge in [-0.15, -0.1) is 0 Å². The van der Waals surface area contributed by atoms with Gasteiger partial charge in [-0.25, -0.2) is 0 Å². The molecule has 0 saturated carbocycles. The minimum absolute atomic E-state index is 0.00464. The van der Waals surface area contributed by atoms with E-state index in [0.717, 1.165) is 29.7 Å². The molecule has 0 heterocycles. The number of hydrogen-bond donors (Lipinski definition) is 1. The Morgan fingerprint density at radius 2 is 1.88 bits per heavy atom. The highest BCUT2D eigenvalue weighted by molar-refractivity contribution is 5.94. The van der Waals surface area contributed by atoms with Crippen LogP contribution in [0.5, 0.6) is 5.75 Å². The Morgan fingerprint density at radius 3 is 2.58 bits per heavy atom. The average molecular weight is 325 g/mol. The molecule has 2 rings (SSSR count). The summed E-state index contributed by atoms with van der Waals surface area (Å²) in [6, 6.07) is 14.0. The van der Waals surface area contributed by atoms with Crippen molar-refractivity contribution in [2.75, 3.05) is 6.54 Å². The molecule has 24 heavy (non-hydrogen) atoms. The maximum Gasteiger partial charge on any atom is 0.251 e. The molecular formula is C21H27NO2. The largest absolute Gasteiger partial charge is 0.491 e. The molecule has 1 amide bonds. The number of carbonyl (C=O) groups is 1. The van der Waals surface area contributed by atoms with E-state index in [0.29, 0.717) is 6.54 Å². The lowest BCUT2D eigenvalue weighted by molar-refractivity contribution is 0.0953. The van der Waals surface area contributed by atoms with Crippen molar-refractivity contribution in [2.45, 2.75) is 46.6 Å². The van der Waals surface area contributed by atoms with Crippen molar-refractivity contribution in [3.05, 3.63) is 64.7 Å². The van der Waals surface area contributed by atoms with Gasteiger partial charge in [0.05, 0.1) is 6.10 Å². The van der Waals surface area contributed by atoms with Crippen molar-refractivity contribution in [2.24, 2.45) is 0 Å². The molecular weight excluding hydrogens is 298 g/mol. The van der Waals surface area contributed by atoms with Gasteiger partial charge in [-0.1, -0.05) is 18.2 Å². The Kier molecular flexibility index (Phi) is 6.42. The zero-order valence-electron chi connectivity index (χ0n) is 15.1. The molecule has 3 nitrogen and oxygen atoms in total. The minimum Gasteiger partial charge on any atom is -0.491 e. The smallest absolute Gasteiger partial charge is 0.251 e. The molecule has 0 saturated heterocycles. The lowest BCUT2D eigenvalue weighted by atomic mass is 10.1. The van der Waals surface area contributed by atoms with E-state index in [4.69, 9.17) is 4.74 Å². The fourth-order valence-electron chi connectivity index (χ4n) is 2.53. The molecule has 1 N–H and O–H groups in total. The molecule has 2 aromatic carbocycles. The third-order valence-electron chi connectivity index (χ3n) is 3.97. The minimum atomic E-state index is -0.00464. The number of carbonyl (C=O) groups excluding carboxylic acids is 1. The Hall–Kier alpha value is -2.29. The molecule has 0 radical (unpaired) electrons. The first-order chi connectivity index (χ1) is 11.5. The molecule has 0 aliphatic rings. The summed E-state index contributed by atoms with van der Waals surface area (Å²) >= 11 is 0. The average Bonchev–Trinajstić information content (AvgIpc) is 2.53. The standard InChI is InChI=1S/C21H27NO2/c1-15(2)24-20-9-5-7-18(14-20)8-6-12-22-21(23)19-11-10-16(3)17(4)13-19/h5,7,9-11,13-15H,6,8,12H2,1-4H3,(H,22,23). The molecule has 0 unspecified atom stereocenters. The Bertz CT molecular complexity index is 692. The number of nitrogens with one attached hydrogen (secondary N) is 1. The van der Waals surface area contributed by atoms with Crippen LogP contribution in [0.3, 0.4) is 0 Å². The van der Waals surface area contributed by atoms with E-state index in [1.807, 2.05) is 58.0 Å². The van der Waals surface area contributed by atoms with Gasteiger partial charge in [-0.3, -0.25) is 4.79 Å². The number of amides is 1. The third kappa shape index (κ3) is 5.41. The van der Waals surface area contributed by atoms with Crippen LogP contribution < -0.4 is 10.1 Å². The van der Waals surface area contributed by atoms with Gasteiger partial charge in [0, 0.05) is 12.1 Å². The number of hydrogen-bond acceptors (Lipinski definition) is 2. The maximum atomic E-state index is 12.2. The topological polar surface area (TPSA) is 38.3 Å². The molecule has 2 aromatic rings. The zero-order valence-corrected chi connectivity index (χ0v) is 15.1. The predicted molar refractivity (Wildman–Crippen MR) is 98.8 cm³/mol. The van der Waals surface area contributed by atoms with Crippen LogP contribution in [-0.4, -0.2) is 18.6 Å². The summed E-state index contributed by atoms with van der Waals surface area (Å²) in [5.74, 6) is 0.900. The second-order valence-electron chi connectivity index (χ2n) is 6.47. The van der Waals surface area contributed by atoms with Crippen LogP contribution in [-0.2, 0) is 6.42 Å². The number of rotatable bonds is 7. The monoisotopic (exact) mass is 325 g/mol. The summed E-state index contributed by atoms with van der Waals surface area (Å²) in [7, 11) is 0. The summed E-state index contributed by atoms with van der Waals surface area (Å²) < 4.78 is 5.71. The summed E-state index contributed by atoms with van der Waals surface area (Å²) in [6.45, 7) is 8.79. The molecule has 0 spiro atoms. The van der Waals surface area contributed by atoms with Gasteiger partial charge in [0.25, 0.3) is 5.91 Å². The zero-order chi connectivity index (χ0) is 17.5. The van der Waals surface area contributed by atoms with Crippen LogP contribution in [0.4, 0.5) is 0 Å². The maximum absolute atomic E-state index is 12.2. The first-order valence-corrected chi connectivity index (χ1v) is 8.57. The molecule has 0 fully saturated rings. The van der Waals surface area contributed by atoms with E-state index < -0.39 is 0 Å². The Morgan fingerprint density at radius 1 is 1.08 bits per heavy atom. The molecule has 0 aliphatic carbocycles. The van der Waals surface area contributed by atoms with Gasteiger partial charge in [-0.2, -0.15) is 0 Å². The quantitative estimate of drug-likeness (QED) is 0.764. The molecule has 0 atom stereocenters. The van der Waals surface area contributed by atoms with E-state index in [-0.39, 0.29) is 12.0 Å². The lowest BCUT2D eigenvalue weighted by Crippen LogP contribution is -2.24. The molecule has 128 valence electrons. The van der Waals surface area contributed by atoms with E-state index in [9.17, 15) is 4.79 Å². The van der Waals surface area contributed by atoms with Crippen molar-refractivity contribution in [3.8, 4) is 5.75 Å². The van der Waals surface area contributed by atoms with E-state index in [1.165, 1.54) is 11.1 Å². The molecule has 0 aliphatic heterocycles. The number of benzene rings is 2. The number of aryl methyl sites for hydroxylation is 3. The second kappa shape index (κ2) is 8.53. The summed E-state index contributed by atoms with van der Waals surface area (Å²) in [4.78, 5) is 12.2. The third-order valence-corrected chi connectivity index (χ3v) is 3.97. The molecule has 0 bridgehead atoms. The van der Waals surface area contributed by atoms with Crippen molar-refractivity contribution >= 4 is 5.91 Å². The summed E-state index contributed by atoms with van der Waals surface area (Å²) in [6.07, 6.45) is 2.00. The number of ether oxygens (including phenoxy) is 1. The van der Waals surface area contributed by atoms with Crippen molar-refractivity contribution < 1.29 is 9.53 Å². The Balaban J connectivity index is 1.80. The second-order valence-corrected chi connectivity index (χ2v) is 6.47. The van der Waals surface area contributed by atoms with Gasteiger partial charge in [0.1, 0.15) is 5.75 Å². The highest BCUT2D eigenvalue weighted by Gasteiger charge is 2.06. The van der Waals surface area contributed by atoms with E-state index in [2.05, 4.69) is 17.4 Å². The highest BCUT2D eigenvalue weighted by atomic mass is 16.5. The first-order valence-electron chi connectivity index (χ1n) is 8.57. The Labute approximate surface area is 145 Å². The fourth-order valence-corrected chi connectivity index (χ4v) is 2.53. The van der Waals surface area contributed by atoms with Gasteiger partial charge >= 0.3 is 0 Å². The molecule has 3 heteroatoms. The van der Waals surface area contributed by atoms with Crippen LogP contribution in [0.1, 0.15) is 47.3 Å². The van der Waals surface area contributed by atoms with Gasteiger partial charge in [-0.05, 0) is 81.5 Å². The molecule has 0 aromatic heterocycles. The van der Waals surface area contributed by atoms with Crippen molar-refractivity contribution in [1.82, 2.24) is 5.32 Å². The van der Waals surface area contributed by atoms with Gasteiger partial charge < -0.3 is 10.1 Å². The first kappa shape index (κ1) is 18.1. The highest BCUT2D eigenvalue weighted by Crippen LogP contribution is 2.16. The van der Waals surface area contributed by atoms with Crippen LogP contribution in [0.25, 0.3) is 0 Å². The van der Waals surface area contributed by atoms with Crippen molar-refractivity contribution in [1.29, 1.82) is 0 Å². The van der Waals surface area contributed by atoms with Crippen molar-refractivity contribution in [3.63, 3.8) is 0 Å². The van der Waals surface area contributed by atoms with Crippen LogP contribution in [0.15, 0.2) is 42.5 Å². The predicted octanol–water partition coefficient (Wildman–Crippen LogP) is 4.45. The normalized spacial score (nSPS) is 10.7. The van der Waals surface area contributed by atoms with Gasteiger partial charge in [0.2, 0.25) is 0 Å². The van der Waals surface area contributed by atoms with Crippen LogP contribution in [0.2, 0.25) is 0 Å². The summed E-state index contributed by atoms with van der Waals surface area (Å²) in [5.41, 5.74) is 4.30. The van der Waals surface area contributed by atoms with E-state index in [1.54, 1.807) is 0 Å². The van der Waals surface area contributed by atoms with Gasteiger partial charge in [0.15, 0.2) is 0 Å². The SMILES string of the molecule is Cc1ccc(C(=O)NCCCc2cccc(OC(C)C)c2)cc1C. The lowest BCUT2D eigenvalue weighted by Gasteiger charge is -2.11.